The fourth-order valence-electron chi connectivity index (χ4n) is 4.19. The molecule has 3 atom stereocenters. The number of nitrogens with one attached hydrogen (secondary N) is 1. The number of nitrogens with zero attached hydrogens (tertiary/aromatic N) is 4. The molecule has 1 N–H and O–H groups in total. The first-order valence-corrected chi connectivity index (χ1v) is 15.5. The normalized spacial score (nSPS) is 14.0. The summed E-state index contributed by atoms with van der Waals surface area (Å²) in [5.41, 5.74) is 2.66. The van der Waals surface area contributed by atoms with Gasteiger partial charge in [-0.3, -0.25) is 0 Å². The molecule has 1 aromatic carbocycles. The van der Waals surface area contributed by atoms with Gasteiger partial charge in [0, 0.05) is 29.2 Å². The standard InChI is InChI=1S/C26H36Br3N5O2/c1-17(7-10-27)9-12-34-23(15-19-14-20(35-3)5-6-21(19)36-4)33-24-25(30-16-31-26(24)34)32-22(29)13-18(2)8-11-28/h5-6,14,16-18,22H,7-13,15H2,1-4H3,(H,30,31,32). The minimum Gasteiger partial charge on any atom is -0.497 e. The first-order chi connectivity index (χ1) is 17.4. The third kappa shape index (κ3) is 7.81. The van der Waals surface area contributed by atoms with Crippen molar-refractivity contribution in [2.24, 2.45) is 11.8 Å². The van der Waals surface area contributed by atoms with Crippen LogP contribution in [0.2, 0.25) is 0 Å². The van der Waals surface area contributed by atoms with E-state index < -0.39 is 0 Å². The lowest BCUT2D eigenvalue weighted by atomic mass is 10.1. The van der Waals surface area contributed by atoms with Gasteiger partial charge in [-0.25, -0.2) is 15.0 Å². The molecule has 2 heterocycles. The minimum absolute atomic E-state index is 0.0932. The zero-order valence-corrected chi connectivity index (χ0v) is 26.2. The fraction of sp³-hybridized carbons (Fsp3) is 0.577. The molecular weight excluding hydrogens is 654 g/mol. The van der Waals surface area contributed by atoms with Gasteiger partial charge in [0.2, 0.25) is 0 Å². The number of anilines is 1. The molecular formula is C26H36Br3N5O2. The van der Waals surface area contributed by atoms with Gasteiger partial charge in [-0.15, -0.1) is 0 Å². The molecule has 10 heteroatoms. The van der Waals surface area contributed by atoms with E-state index >= 15 is 0 Å². The van der Waals surface area contributed by atoms with Crippen LogP contribution in [-0.4, -0.2) is 49.3 Å². The molecule has 7 nitrogen and oxygen atoms in total. The van der Waals surface area contributed by atoms with Gasteiger partial charge in [0.15, 0.2) is 17.0 Å². The van der Waals surface area contributed by atoms with Crippen LogP contribution in [0.4, 0.5) is 5.82 Å². The lowest BCUT2D eigenvalue weighted by Gasteiger charge is -2.17. The van der Waals surface area contributed by atoms with E-state index in [9.17, 15) is 0 Å². The number of aryl methyl sites for hydroxylation is 1. The third-order valence-corrected chi connectivity index (χ3v) is 7.92. The molecule has 0 saturated carbocycles. The number of hydrogen-bond acceptors (Lipinski definition) is 6. The van der Waals surface area contributed by atoms with Gasteiger partial charge < -0.3 is 19.4 Å². The molecule has 0 fully saturated rings. The highest BCUT2D eigenvalue weighted by molar-refractivity contribution is 9.09. The van der Waals surface area contributed by atoms with Gasteiger partial charge >= 0.3 is 0 Å². The van der Waals surface area contributed by atoms with Crippen LogP contribution < -0.4 is 14.8 Å². The largest absolute Gasteiger partial charge is 0.497 e. The average Bonchev–Trinajstić information content (AvgIpc) is 3.20. The maximum atomic E-state index is 5.65. The number of hydrogen-bond donors (Lipinski definition) is 1. The molecule has 0 radical (unpaired) electrons. The molecule has 0 spiro atoms. The zero-order chi connectivity index (χ0) is 26.1. The Labute approximate surface area is 239 Å². The molecule has 0 aliphatic rings. The van der Waals surface area contributed by atoms with Crippen LogP contribution in [0.1, 0.15) is 50.9 Å². The van der Waals surface area contributed by atoms with Crippen LogP contribution in [0, 0.1) is 11.8 Å². The summed E-state index contributed by atoms with van der Waals surface area (Å²) in [4.78, 5) is 14.4. The van der Waals surface area contributed by atoms with E-state index in [4.69, 9.17) is 14.5 Å². The lowest BCUT2D eigenvalue weighted by Crippen LogP contribution is -2.17. The number of imidazole rings is 1. The zero-order valence-electron chi connectivity index (χ0n) is 21.4. The van der Waals surface area contributed by atoms with Crippen LogP contribution in [0.3, 0.4) is 0 Å². The second-order valence-electron chi connectivity index (χ2n) is 9.23. The molecule has 3 rings (SSSR count). The predicted octanol–water partition coefficient (Wildman–Crippen LogP) is 7.19. The number of alkyl halides is 3. The SMILES string of the molecule is COc1ccc(OC)c(Cc2nc3c(NC(Br)CC(C)CCBr)ncnc3n2CCC(C)CCBr)c1. The van der Waals surface area contributed by atoms with Crippen molar-refractivity contribution in [1.29, 1.82) is 0 Å². The molecule has 2 aromatic heterocycles. The highest BCUT2D eigenvalue weighted by atomic mass is 79.9. The Kier molecular flexibility index (Phi) is 11.8. The summed E-state index contributed by atoms with van der Waals surface area (Å²) in [5.74, 6) is 4.45. The Bertz CT molecular complexity index is 1110. The molecule has 0 bridgehead atoms. The van der Waals surface area contributed by atoms with E-state index in [1.165, 1.54) is 0 Å². The summed E-state index contributed by atoms with van der Waals surface area (Å²) >= 11 is 10.9. The molecule has 0 aliphatic heterocycles. The van der Waals surface area contributed by atoms with E-state index in [1.807, 2.05) is 18.2 Å². The fourth-order valence-corrected chi connectivity index (χ4v) is 6.61. The number of benzene rings is 1. The molecule has 198 valence electrons. The molecule has 3 aromatic rings. The smallest absolute Gasteiger partial charge is 0.165 e. The monoisotopic (exact) mass is 687 g/mol. The Morgan fingerprint density at radius 3 is 2.44 bits per heavy atom. The van der Waals surface area contributed by atoms with Gasteiger partial charge in [-0.05, 0) is 55.7 Å². The van der Waals surface area contributed by atoms with Crippen molar-refractivity contribution < 1.29 is 9.47 Å². The topological polar surface area (TPSA) is 74.1 Å². The minimum atomic E-state index is 0.0932. The summed E-state index contributed by atoms with van der Waals surface area (Å²) in [7, 11) is 3.37. The summed E-state index contributed by atoms with van der Waals surface area (Å²) in [6, 6.07) is 5.86. The first-order valence-electron chi connectivity index (χ1n) is 12.3. The van der Waals surface area contributed by atoms with Crippen molar-refractivity contribution >= 4 is 64.8 Å². The third-order valence-electron chi connectivity index (χ3n) is 6.40. The lowest BCUT2D eigenvalue weighted by molar-refractivity contribution is 0.399. The van der Waals surface area contributed by atoms with Gasteiger partial charge in [0.1, 0.15) is 23.7 Å². The molecule has 36 heavy (non-hydrogen) atoms. The molecule has 0 saturated heterocycles. The van der Waals surface area contributed by atoms with Crippen molar-refractivity contribution in [2.75, 3.05) is 30.2 Å². The first kappa shape index (κ1) is 29.2. The highest BCUT2D eigenvalue weighted by Gasteiger charge is 2.20. The second-order valence-corrected chi connectivity index (χ2v) is 11.9. The summed E-state index contributed by atoms with van der Waals surface area (Å²) in [6.45, 7) is 5.38. The number of halogens is 3. The number of rotatable bonds is 15. The second kappa shape index (κ2) is 14.5. The van der Waals surface area contributed by atoms with Crippen molar-refractivity contribution in [3.63, 3.8) is 0 Å². The van der Waals surface area contributed by atoms with Crippen molar-refractivity contribution in [2.45, 2.75) is 57.4 Å². The van der Waals surface area contributed by atoms with Crippen LogP contribution in [-0.2, 0) is 13.0 Å². The van der Waals surface area contributed by atoms with Crippen LogP contribution in [0.25, 0.3) is 11.2 Å². The van der Waals surface area contributed by atoms with Crippen molar-refractivity contribution in [1.82, 2.24) is 19.5 Å². The number of aromatic nitrogens is 4. The molecule has 3 unspecified atom stereocenters. The Morgan fingerprint density at radius 2 is 1.75 bits per heavy atom. The molecule has 0 aliphatic carbocycles. The number of ether oxygens (including phenoxy) is 2. The van der Waals surface area contributed by atoms with Gasteiger partial charge in [-0.2, -0.15) is 0 Å². The Hall–Kier alpha value is -1.39. The average molecular weight is 690 g/mol. The maximum absolute atomic E-state index is 5.65. The van der Waals surface area contributed by atoms with Gasteiger partial charge in [0.25, 0.3) is 0 Å². The van der Waals surface area contributed by atoms with Crippen LogP contribution in [0.15, 0.2) is 24.5 Å². The Morgan fingerprint density at radius 1 is 1.00 bits per heavy atom. The van der Waals surface area contributed by atoms with E-state index in [2.05, 4.69) is 81.5 Å². The number of fused-ring (bicyclic) bond motifs is 1. The van der Waals surface area contributed by atoms with E-state index in [0.717, 1.165) is 82.8 Å². The van der Waals surface area contributed by atoms with E-state index in [0.29, 0.717) is 18.3 Å². The quantitative estimate of drug-likeness (QED) is 0.135. The molecule has 0 amide bonds. The van der Waals surface area contributed by atoms with Crippen molar-refractivity contribution in [3.05, 3.63) is 35.9 Å². The number of methoxy groups -OCH3 is 2. The van der Waals surface area contributed by atoms with Crippen molar-refractivity contribution in [3.8, 4) is 11.5 Å². The summed E-state index contributed by atoms with van der Waals surface area (Å²) in [6.07, 6.45) is 6.50. The Balaban J connectivity index is 1.98. The van der Waals surface area contributed by atoms with Crippen LogP contribution >= 0.6 is 47.8 Å². The van der Waals surface area contributed by atoms with Gasteiger partial charge in [0.05, 0.1) is 19.2 Å². The highest BCUT2D eigenvalue weighted by Crippen LogP contribution is 2.30. The maximum Gasteiger partial charge on any atom is 0.165 e. The van der Waals surface area contributed by atoms with E-state index in [-0.39, 0.29) is 4.95 Å². The van der Waals surface area contributed by atoms with E-state index in [1.54, 1.807) is 20.5 Å². The van der Waals surface area contributed by atoms with Gasteiger partial charge in [-0.1, -0.05) is 61.6 Å². The van der Waals surface area contributed by atoms with Crippen LogP contribution in [0.5, 0.6) is 11.5 Å². The predicted molar refractivity (Wildman–Crippen MR) is 158 cm³/mol. The summed E-state index contributed by atoms with van der Waals surface area (Å²) < 4.78 is 13.4. The summed E-state index contributed by atoms with van der Waals surface area (Å²) in [5, 5.41) is 5.53.